The monoisotopic (exact) mass is 222 g/mol. The van der Waals surface area contributed by atoms with Gasteiger partial charge in [-0.3, -0.25) is 9.59 Å². The number of aliphatic carboxylic acids is 1. The third kappa shape index (κ3) is 1.41. The van der Waals surface area contributed by atoms with Gasteiger partial charge in [-0.15, -0.1) is 0 Å². The molecular formula is C12H11FO3. The van der Waals surface area contributed by atoms with Crippen molar-refractivity contribution >= 4 is 11.8 Å². The number of ketones is 1. The first kappa shape index (κ1) is 10.8. The van der Waals surface area contributed by atoms with Crippen molar-refractivity contribution in [3.8, 4) is 0 Å². The number of benzene rings is 1. The third-order valence-electron chi connectivity index (χ3n) is 3.12. The van der Waals surface area contributed by atoms with Gasteiger partial charge >= 0.3 is 5.97 Å². The highest BCUT2D eigenvalue weighted by Gasteiger charge is 2.51. The Balaban J connectivity index is 2.45. The number of carbonyl (C=O) groups is 2. The van der Waals surface area contributed by atoms with E-state index in [-0.39, 0.29) is 24.4 Å². The van der Waals surface area contributed by atoms with E-state index >= 15 is 0 Å². The highest BCUT2D eigenvalue weighted by molar-refractivity contribution is 6.01. The number of aryl methyl sites for hydroxylation is 1. The lowest BCUT2D eigenvalue weighted by Gasteiger charge is -2.36. The van der Waals surface area contributed by atoms with Crippen LogP contribution in [0, 0.1) is 12.7 Å². The van der Waals surface area contributed by atoms with E-state index in [1.54, 1.807) is 6.92 Å². The lowest BCUT2D eigenvalue weighted by Crippen LogP contribution is -2.48. The van der Waals surface area contributed by atoms with Crippen LogP contribution in [0.5, 0.6) is 0 Å². The predicted octanol–water partition coefficient (Wildman–Crippen LogP) is 1.82. The zero-order valence-electron chi connectivity index (χ0n) is 8.79. The number of hydrogen-bond acceptors (Lipinski definition) is 2. The van der Waals surface area contributed by atoms with Gasteiger partial charge in [0.25, 0.3) is 0 Å². The number of carboxylic acid groups (broad SMARTS) is 1. The van der Waals surface area contributed by atoms with E-state index in [1.807, 2.05) is 0 Å². The Morgan fingerprint density at radius 1 is 1.44 bits per heavy atom. The Kier molecular flexibility index (Phi) is 2.30. The van der Waals surface area contributed by atoms with E-state index in [2.05, 4.69) is 0 Å². The van der Waals surface area contributed by atoms with Gasteiger partial charge in [-0.25, -0.2) is 4.39 Å². The molecule has 16 heavy (non-hydrogen) atoms. The summed E-state index contributed by atoms with van der Waals surface area (Å²) in [4.78, 5) is 22.2. The van der Waals surface area contributed by atoms with E-state index < -0.39 is 11.4 Å². The molecule has 1 saturated carbocycles. The standard InChI is InChI=1S/C12H11FO3/c1-7-4-8(2-3-10(7)13)12(11(15)16)5-9(14)6-12/h2-4H,5-6H2,1H3,(H,15,16). The lowest BCUT2D eigenvalue weighted by molar-refractivity contribution is -0.153. The fraction of sp³-hybridized carbons (Fsp3) is 0.333. The minimum Gasteiger partial charge on any atom is -0.481 e. The number of carboxylic acids is 1. The Labute approximate surface area is 91.9 Å². The van der Waals surface area contributed by atoms with Crippen LogP contribution < -0.4 is 0 Å². The summed E-state index contributed by atoms with van der Waals surface area (Å²) < 4.78 is 13.1. The average molecular weight is 222 g/mol. The van der Waals surface area contributed by atoms with Gasteiger partial charge in [0.2, 0.25) is 0 Å². The molecule has 4 heteroatoms. The summed E-state index contributed by atoms with van der Waals surface area (Å²) in [6.07, 6.45) is 0.0147. The molecule has 1 aromatic rings. The van der Waals surface area contributed by atoms with Crippen molar-refractivity contribution < 1.29 is 19.1 Å². The molecule has 0 radical (unpaired) electrons. The maximum Gasteiger partial charge on any atom is 0.315 e. The van der Waals surface area contributed by atoms with Crippen LogP contribution in [0.25, 0.3) is 0 Å². The molecule has 0 bridgehead atoms. The molecule has 1 aliphatic rings. The van der Waals surface area contributed by atoms with E-state index in [4.69, 9.17) is 5.11 Å². The van der Waals surface area contributed by atoms with Gasteiger partial charge in [0.15, 0.2) is 0 Å². The van der Waals surface area contributed by atoms with E-state index in [9.17, 15) is 14.0 Å². The summed E-state index contributed by atoms with van der Waals surface area (Å²) in [7, 11) is 0. The first-order valence-electron chi connectivity index (χ1n) is 4.97. The number of Topliss-reactive ketones (excluding diaryl/α,β-unsaturated/α-hetero) is 1. The Hall–Kier alpha value is -1.71. The zero-order valence-corrected chi connectivity index (χ0v) is 8.79. The zero-order chi connectivity index (χ0) is 11.9. The highest BCUT2D eigenvalue weighted by Crippen LogP contribution is 2.41. The van der Waals surface area contributed by atoms with Crippen molar-refractivity contribution in [1.29, 1.82) is 0 Å². The topological polar surface area (TPSA) is 54.4 Å². The summed E-state index contributed by atoms with van der Waals surface area (Å²) in [5.74, 6) is -1.45. The van der Waals surface area contributed by atoms with Gasteiger partial charge in [0.05, 0.1) is 0 Å². The molecule has 1 N–H and O–H groups in total. The van der Waals surface area contributed by atoms with Gasteiger partial charge in [-0.1, -0.05) is 12.1 Å². The average Bonchev–Trinajstić information content (AvgIpc) is 2.17. The molecule has 0 saturated heterocycles. The van der Waals surface area contributed by atoms with Gasteiger partial charge in [0.1, 0.15) is 17.0 Å². The summed E-state index contributed by atoms with van der Waals surface area (Å²) >= 11 is 0. The molecule has 1 fully saturated rings. The van der Waals surface area contributed by atoms with E-state index in [0.29, 0.717) is 11.1 Å². The Morgan fingerprint density at radius 3 is 2.50 bits per heavy atom. The number of rotatable bonds is 2. The van der Waals surface area contributed by atoms with Crippen LogP contribution >= 0.6 is 0 Å². The molecule has 2 rings (SSSR count). The Morgan fingerprint density at radius 2 is 2.06 bits per heavy atom. The van der Waals surface area contributed by atoms with E-state index in [0.717, 1.165) is 0 Å². The second-order valence-corrected chi connectivity index (χ2v) is 4.24. The maximum absolute atomic E-state index is 13.1. The molecule has 0 atom stereocenters. The molecule has 0 aromatic heterocycles. The van der Waals surface area contributed by atoms with Gasteiger partial charge in [-0.2, -0.15) is 0 Å². The van der Waals surface area contributed by atoms with E-state index in [1.165, 1.54) is 18.2 Å². The van der Waals surface area contributed by atoms with Crippen molar-refractivity contribution in [2.24, 2.45) is 0 Å². The number of hydrogen-bond donors (Lipinski definition) is 1. The molecule has 0 amide bonds. The van der Waals surface area contributed by atoms with Crippen molar-refractivity contribution in [3.63, 3.8) is 0 Å². The molecule has 84 valence electrons. The summed E-state index contributed by atoms with van der Waals surface area (Å²) in [5.41, 5.74) is -0.216. The molecule has 3 nitrogen and oxygen atoms in total. The fourth-order valence-corrected chi connectivity index (χ4v) is 2.04. The van der Waals surface area contributed by atoms with Crippen molar-refractivity contribution in [2.45, 2.75) is 25.2 Å². The first-order valence-corrected chi connectivity index (χ1v) is 4.97. The molecule has 1 aromatic carbocycles. The van der Waals surface area contributed by atoms with Crippen LogP contribution in [0.3, 0.4) is 0 Å². The molecule has 1 aliphatic carbocycles. The molecule has 0 spiro atoms. The summed E-state index contributed by atoms with van der Waals surface area (Å²) in [5, 5.41) is 9.17. The van der Waals surface area contributed by atoms with Crippen molar-refractivity contribution in [1.82, 2.24) is 0 Å². The second-order valence-electron chi connectivity index (χ2n) is 4.24. The summed E-state index contributed by atoms with van der Waals surface area (Å²) in [6.45, 7) is 1.58. The van der Waals surface area contributed by atoms with Gasteiger partial charge in [0, 0.05) is 12.8 Å². The lowest BCUT2D eigenvalue weighted by atomic mass is 9.63. The highest BCUT2D eigenvalue weighted by atomic mass is 19.1. The van der Waals surface area contributed by atoms with Gasteiger partial charge < -0.3 is 5.11 Å². The molecule has 0 unspecified atom stereocenters. The van der Waals surface area contributed by atoms with Crippen LogP contribution in [0.4, 0.5) is 4.39 Å². The van der Waals surface area contributed by atoms with Crippen molar-refractivity contribution in [2.75, 3.05) is 0 Å². The van der Waals surface area contributed by atoms with Crippen molar-refractivity contribution in [3.05, 3.63) is 35.1 Å². The fourth-order valence-electron chi connectivity index (χ4n) is 2.04. The molecule has 0 aliphatic heterocycles. The maximum atomic E-state index is 13.1. The van der Waals surface area contributed by atoms with Crippen LogP contribution in [-0.4, -0.2) is 16.9 Å². The third-order valence-corrected chi connectivity index (χ3v) is 3.12. The normalized spacial score (nSPS) is 18.0. The van der Waals surface area contributed by atoms with Crippen LogP contribution in [0.1, 0.15) is 24.0 Å². The largest absolute Gasteiger partial charge is 0.481 e. The van der Waals surface area contributed by atoms with Gasteiger partial charge in [-0.05, 0) is 24.1 Å². The minimum absolute atomic E-state index is 0.00735. The quantitative estimate of drug-likeness (QED) is 0.830. The first-order chi connectivity index (χ1) is 7.45. The number of carbonyl (C=O) groups excluding carboxylic acids is 1. The molecular weight excluding hydrogens is 211 g/mol. The van der Waals surface area contributed by atoms with Crippen LogP contribution in [0.2, 0.25) is 0 Å². The SMILES string of the molecule is Cc1cc(C2(C(=O)O)CC(=O)C2)ccc1F. The predicted molar refractivity (Wildman–Crippen MR) is 54.7 cm³/mol. The smallest absolute Gasteiger partial charge is 0.315 e. The second kappa shape index (κ2) is 3.40. The Bertz CT molecular complexity index is 471. The number of halogens is 1. The van der Waals surface area contributed by atoms with Crippen LogP contribution in [-0.2, 0) is 15.0 Å². The van der Waals surface area contributed by atoms with Crippen LogP contribution in [0.15, 0.2) is 18.2 Å². The minimum atomic E-state index is -1.13. The molecule has 0 heterocycles. The summed E-state index contributed by atoms with van der Waals surface area (Å²) in [6, 6.07) is 4.21.